The Morgan fingerprint density at radius 2 is 1.60 bits per heavy atom. The summed E-state index contributed by atoms with van der Waals surface area (Å²) in [6.45, 7) is 8.70. The molecule has 0 aliphatic rings. The number of aryl methyl sites for hydroxylation is 1. The van der Waals surface area contributed by atoms with Gasteiger partial charge in [0.1, 0.15) is 18.3 Å². The van der Waals surface area contributed by atoms with E-state index in [9.17, 15) is 18.0 Å². The van der Waals surface area contributed by atoms with Gasteiger partial charge >= 0.3 is 0 Å². The average molecular weight is 635 g/mol. The summed E-state index contributed by atoms with van der Waals surface area (Å²) in [5, 5.41) is 3.66. The van der Waals surface area contributed by atoms with E-state index in [0.717, 1.165) is 15.4 Å². The topological polar surface area (TPSA) is 96.0 Å². The minimum absolute atomic E-state index is 0.00890. The molecule has 3 aromatic rings. The van der Waals surface area contributed by atoms with Gasteiger partial charge in [0.2, 0.25) is 11.8 Å². The van der Waals surface area contributed by atoms with Gasteiger partial charge in [0, 0.05) is 17.1 Å². The summed E-state index contributed by atoms with van der Waals surface area (Å²) in [4.78, 5) is 29.0. The van der Waals surface area contributed by atoms with E-state index in [-0.39, 0.29) is 28.1 Å². The number of hydrogen-bond donors (Lipinski definition) is 1. The van der Waals surface area contributed by atoms with E-state index < -0.39 is 34.1 Å². The summed E-state index contributed by atoms with van der Waals surface area (Å²) < 4.78 is 34.3. The van der Waals surface area contributed by atoms with Gasteiger partial charge < -0.3 is 15.0 Å². The van der Waals surface area contributed by atoms with E-state index in [0.29, 0.717) is 17.2 Å². The molecule has 1 unspecified atom stereocenters. The van der Waals surface area contributed by atoms with Gasteiger partial charge in [-0.05, 0) is 82.1 Å². The summed E-state index contributed by atoms with van der Waals surface area (Å²) in [6, 6.07) is 16.9. The van der Waals surface area contributed by atoms with Gasteiger partial charge in [-0.2, -0.15) is 0 Å². The molecule has 42 heavy (non-hydrogen) atoms. The van der Waals surface area contributed by atoms with Crippen LogP contribution < -0.4 is 14.4 Å². The van der Waals surface area contributed by atoms with Gasteiger partial charge in [0.15, 0.2) is 0 Å². The molecular weight excluding hydrogens is 597 g/mol. The second kappa shape index (κ2) is 13.8. The van der Waals surface area contributed by atoms with Gasteiger partial charge in [-0.25, -0.2) is 8.42 Å². The maximum Gasteiger partial charge on any atom is 0.264 e. The second-order valence-corrected chi connectivity index (χ2v) is 13.7. The molecule has 0 heterocycles. The monoisotopic (exact) mass is 633 g/mol. The van der Waals surface area contributed by atoms with Crippen molar-refractivity contribution in [3.05, 3.63) is 87.9 Å². The van der Waals surface area contributed by atoms with Gasteiger partial charge in [-0.1, -0.05) is 60.0 Å². The van der Waals surface area contributed by atoms with Crippen molar-refractivity contribution in [2.45, 2.75) is 64.1 Å². The number of sulfonamides is 1. The first kappa shape index (κ1) is 33.2. The van der Waals surface area contributed by atoms with Crippen molar-refractivity contribution in [2.75, 3.05) is 18.0 Å². The first-order chi connectivity index (χ1) is 19.7. The Kier molecular flexibility index (Phi) is 10.9. The maximum absolute atomic E-state index is 14.2. The highest BCUT2D eigenvalue weighted by Crippen LogP contribution is 2.32. The zero-order chi connectivity index (χ0) is 31.2. The molecule has 0 aliphatic carbocycles. The maximum atomic E-state index is 14.2. The largest absolute Gasteiger partial charge is 0.495 e. The third kappa shape index (κ3) is 8.40. The molecule has 0 saturated heterocycles. The molecule has 0 bridgehead atoms. The Morgan fingerprint density at radius 1 is 0.976 bits per heavy atom. The lowest BCUT2D eigenvalue weighted by atomic mass is 10.1. The average Bonchev–Trinajstić information content (AvgIpc) is 2.91. The van der Waals surface area contributed by atoms with E-state index in [2.05, 4.69) is 5.32 Å². The van der Waals surface area contributed by atoms with Crippen LogP contribution in [0.1, 0.15) is 45.2 Å². The molecule has 1 N–H and O–H groups in total. The number of nitrogens with zero attached hydrogens (tertiary/aromatic N) is 2. The fourth-order valence-corrected chi connectivity index (χ4v) is 6.12. The first-order valence-corrected chi connectivity index (χ1v) is 15.6. The quantitative estimate of drug-likeness (QED) is 0.270. The summed E-state index contributed by atoms with van der Waals surface area (Å²) in [6.07, 6.45) is 0.306. The molecule has 0 saturated carbocycles. The molecule has 3 aromatic carbocycles. The first-order valence-electron chi connectivity index (χ1n) is 13.4. The molecule has 0 aromatic heterocycles. The molecule has 0 fully saturated rings. The van der Waals surface area contributed by atoms with Crippen molar-refractivity contribution in [3.8, 4) is 5.75 Å². The lowest BCUT2D eigenvalue weighted by Gasteiger charge is -2.34. The van der Waals surface area contributed by atoms with E-state index in [1.807, 2.05) is 27.7 Å². The number of halogens is 2. The molecule has 1 atom stereocenters. The van der Waals surface area contributed by atoms with Crippen molar-refractivity contribution >= 4 is 50.7 Å². The number of carbonyl (C=O) groups excluding carboxylic acids is 2. The number of nitrogens with one attached hydrogen (secondary N) is 1. The summed E-state index contributed by atoms with van der Waals surface area (Å²) >= 11 is 12.5. The van der Waals surface area contributed by atoms with E-state index in [4.69, 9.17) is 27.9 Å². The van der Waals surface area contributed by atoms with Crippen LogP contribution in [0.2, 0.25) is 10.0 Å². The van der Waals surface area contributed by atoms with Gasteiger partial charge in [0.05, 0.1) is 22.7 Å². The smallest absolute Gasteiger partial charge is 0.264 e. The predicted molar refractivity (Wildman–Crippen MR) is 168 cm³/mol. The fraction of sp³-hybridized carbons (Fsp3) is 0.355. The Balaban J connectivity index is 2.10. The Morgan fingerprint density at radius 3 is 2.12 bits per heavy atom. The molecule has 3 rings (SSSR count). The number of anilines is 1. The highest BCUT2D eigenvalue weighted by molar-refractivity contribution is 7.92. The fourth-order valence-electron chi connectivity index (χ4n) is 4.34. The number of ether oxygens (including phenoxy) is 1. The van der Waals surface area contributed by atoms with E-state index in [1.54, 1.807) is 43.3 Å². The number of methoxy groups -OCH3 is 1. The van der Waals surface area contributed by atoms with E-state index in [1.165, 1.54) is 42.3 Å². The third-order valence-corrected chi connectivity index (χ3v) is 8.80. The van der Waals surface area contributed by atoms with Crippen molar-refractivity contribution in [3.63, 3.8) is 0 Å². The highest BCUT2D eigenvalue weighted by Gasteiger charge is 2.34. The molecule has 2 amide bonds. The number of amides is 2. The lowest BCUT2D eigenvalue weighted by Crippen LogP contribution is -2.55. The molecule has 8 nitrogen and oxygen atoms in total. The zero-order valence-corrected chi connectivity index (χ0v) is 27.0. The predicted octanol–water partition coefficient (Wildman–Crippen LogP) is 6.23. The van der Waals surface area contributed by atoms with Crippen LogP contribution in [-0.2, 0) is 26.2 Å². The Hall–Kier alpha value is -3.27. The molecular formula is C31H37Cl2N3O5S. The van der Waals surface area contributed by atoms with Crippen LogP contribution in [0.15, 0.2) is 71.6 Å². The van der Waals surface area contributed by atoms with Crippen LogP contribution in [-0.4, -0.2) is 50.4 Å². The SMILES string of the molecule is CCC(C(=O)NC(C)(C)C)N(Cc1ccc(Cl)cc1)C(=O)CN(c1ccc(OC)c(Cl)c1)S(=O)(=O)c1ccc(C)cc1. The number of hydrogen-bond acceptors (Lipinski definition) is 5. The molecule has 0 spiro atoms. The van der Waals surface area contributed by atoms with Crippen molar-refractivity contribution in [1.29, 1.82) is 0 Å². The summed E-state index contributed by atoms with van der Waals surface area (Å²) in [7, 11) is -2.78. The lowest BCUT2D eigenvalue weighted by molar-refractivity contribution is -0.141. The Labute approximate surface area is 258 Å². The van der Waals surface area contributed by atoms with Crippen LogP contribution in [0.3, 0.4) is 0 Å². The second-order valence-electron chi connectivity index (χ2n) is 11.0. The molecule has 11 heteroatoms. The number of rotatable bonds is 11. The minimum Gasteiger partial charge on any atom is -0.495 e. The van der Waals surface area contributed by atoms with Gasteiger partial charge in [-0.15, -0.1) is 0 Å². The Bertz CT molecular complexity index is 1510. The highest BCUT2D eigenvalue weighted by atomic mass is 35.5. The van der Waals surface area contributed by atoms with Crippen LogP contribution >= 0.6 is 23.2 Å². The summed E-state index contributed by atoms with van der Waals surface area (Å²) in [5.74, 6) is -0.551. The van der Waals surface area contributed by atoms with Gasteiger partial charge in [0.25, 0.3) is 10.0 Å². The van der Waals surface area contributed by atoms with E-state index >= 15 is 0 Å². The van der Waals surface area contributed by atoms with Crippen LogP contribution in [0.25, 0.3) is 0 Å². The van der Waals surface area contributed by atoms with Crippen LogP contribution in [0.4, 0.5) is 5.69 Å². The van der Waals surface area contributed by atoms with Crippen molar-refractivity contribution in [1.82, 2.24) is 10.2 Å². The zero-order valence-electron chi connectivity index (χ0n) is 24.6. The third-order valence-electron chi connectivity index (χ3n) is 6.46. The molecule has 0 radical (unpaired) electrons. The van der Waals surface area contributed by atoms with Crippen LogP contribution in [0, 0.1) is 6.92 Å². The van der Waals surface area contributed by atoms with Gasteiger partial charge in [-0.3, -0.25) is 13.9 Å². The number of benzene rings is 3. The van der Waals surface area contributed by atoms with Crippen molar-refractivity contribution < 1.29 is 22.7 Å². The van der Waals surface area contributed by atoms with Crippen LogP contribution in [0.5, 0.6) is 5.75 Å². The molecule has 0 aliphatic heterocycles. The minimum atomic E-state index is -4.23. The standard InChI is InChI=1S/C31H37Cl2N3O5S/c1-7-27(30(38)34-31(3,4)5)35(19-22-10-12-23(32)13-11-22)29(37)20-36(24-14-17-28(41-6)26(33)18-24)42(39,40)25-15-8-21(2)9-16-25/h8-18,27H,7,19-20H2,1-6H3,(H,34,38). The summed E-state index contributed by atoms with van der Waals surface area (Å²) in [5.41, 5.74) is 1.25. The molecule has 226 valence electrons. The number of carbonyl (C=O) groups is 2. The normalized spacial score (nSPS) is 12.4. The van der Waals surface area contributed by atoms with Crippen molar-refractivity contribution in [2.24, 2.45) is 0 Å².